The lowest BCUT2D eigenvalue weighted by molar-refractivity contribution is -0.0245. The van der Waals surface area contributed by atoms with Crippen molar-refractivity contribution in [2.75, 3.05) is 32.2 Å². The van der Waals surface area contributed by atoms with E-state index in [1.165, 1.54) is 0 Å². The largest absolute Gasteiger partial charge is 0.497 e. The van der Waals surface area contributed by atoms with Crippen LogP contribution in [0.2, 0.25) is 10.0 Å². The van der Waals surface area contributed by atoms with Gasteiger partial charge in [-0.3, -0.25) is 14.2 Å². The molecule has 1 aromatic heterocycles. The number of nitrogens with zero attached hydrogens (tertiary/aromatic N) is 3. The molecule has 0 aliphatic carbocycles. The number of benzene rings is 2. The quantitative estimate of drug-likeness (QED) is 0.536. The summed E-state index contributed by atoms with van der Waals surface area (Å²) in [5.74, 6) is 1.07. The molecule has 10 heteroatoms. The first-order valence-electron chi connectivity index (χ1n) is 11.3. The topological polar surface area (TPSA) is 85.7 Å². The van der Waals surface area contributed by atoms with Gasteiger partial charge in [-0.05, 0) is 42.3 Å². The van der Waals surface area contributed by atoms with Crippen LogP contribution in [0.4, 0.5) is 5.95 Å². The minimum Gasteiger partial charge on any atom is -0.497 e. The Kier molecular flexibility index (Phi) is 6.69. The van der Waals surface area contributed by atoms with E-state index in [2.05, 4.69) is 5.32 Å². The highest BCUT2D eigenvalue weighted by Crippen LogP contribution is 2.26. The Morgan fingerprint density at radius 2 is 1.94 bits per heavy atom. The molecule has 182 valence electrons. The van der Waals surface area contributed by atoms with Crippen molar-refractivity contribution in [2.24, 2.45) is 0 Å². The van der Waals surface area contributed by atoms with E-state index in [0.717, 1.165) is 11.3 Å². The van der Waals surface area contributed by atoms with Crippen LogP contribution < -0.4 is 15.6 Å². The molecule has 35 heavy (non-hydrogen) atoms. The molecule has 2 aliphatic rings. The van der Waals surface area contributed by atoms with Crippen LogP contribution in [0.25, 0.3) is 0 Å². The van der Waals surface area contributed by atoms with Crippen molar-refractivity contribution >= 4 is 35.1 Å². The minimum atomic E-state index is -0.180. The number of anilines is 1. The second-order valence-corrected chi connectivity index (χ2v) is 9.35. The number of methoxy groups -OCH3 is 1. The molecule has 1 amide bonds. The third-order valence-electron chi connectivity index (χ3n) is 6.32. The van der Waals surface area contributed by atoms with Gasteiger partial charge in [0.1, 0.15) is 5.75 Å². The van der Waals surface area contributed by atoms with Gasteiger partial charge >= 0.3 is 0 Å². The van der Waals surface area contributed by atoms with Gasteiger partial charge in [-0.2, -0.15) is 0 Å². The van der Waals surface area contributed by atoms with Crippen molar-refractivity contribution in [3.05, 3.63) is 85.2 Å². The predicted octanol–water partition coefficient (Wildman–Crippen LogP) is 3.94. The molecule has 1 N–H and O–H groups in total. The van der Waals surface area contributed by atoms with E-state index in [1.807, 2.05) is 24.3 Å². The highest BCUT2D eigenvalue weighted by atomic mass is 35.5. The fourth-order valence-electron chi connectivity index (χ4n) is 4.25. The van der Waals surface area contributed by atoms with Crippen LogP contribution in [0.1, 0.15) is 33.2 Å². The molecule has 3 aromatic rings. The average Bonchev–Trinajstić information content (AvgIpc) is 2.84. The van der Waals surface area contributed by atoms with E-state index >= 15 is 0 Å². The van der Waals surface area contributed by atoms with E-state index < -0.39 is 0 Å². The van der Waals surface area contributed by atoms with Crippen molar-refractivity contribution in [2.45, 2.75) is 25.6 Å². The number of hydrogen-bond donors (Lipinski definition) is 1. The monoisotopic (exact) mass is 514 g/mol. The van der Waals surface area contributed by atoms with Crippen LogP contribution in [0.5, 0.6) is 5.75 Å². The molecule has 2 aliphatic heterocycles. The summed E-state index contributed by atoms with van der Waals surface area (Å²) in [7, 11) is 1.62. The van der Waals surface area contributed by atoms with Gasteiger partial charge < -0.3 is 19.7 Å². The van der Waals surface area contributed by atoms with Crippen LogP contribution in [0.15, 0.2) is 47.3 Å². The van der Waals surface area contributed by atoms with E-state index in [0.29, 0.717) is 65.5 Å². The molecule has 0 unspecified atom stereocenters. The number of halogens is 2. The highest BCUT2D eigenvalue weighted by molar-refractivity contribution is 6.42. The number of carbonyl (C=O) groups excluding carboxylic acids is 1. The lowest BCUT2D eigenvalue weighted by Crippen LogP contribution is -2.44. The Labute approximate surface area is 212 Å². The Hall–Kier alpha value is -3.07. The minimum absolute atomic E-state index is 0.0606. The van der Waals surface area contributed by atoms with Crippen molar-refractivity contribution in [3.63, 3.8) is 0 Å². The SMILES string of the molecule is COc1ccc(CNc2nc3c(c(=O)n2C2COC2)CCN(C(=O)c2ccc(Cl)c(Cl)c2)C3)cc1. The Morgan fingerprint density at radius 3 is 2.60 bits per heavy atom. The number of amides is 1. The van der Waals surface area contributed by atoms with Gasteiger partial charge in [-0.1, -0.05) is 35.3 Å². The lowest BCUT2D eigenvalue weighted by Gasteiger charge is -2.33. The first kappa shape index (κ1) is 23.7. The third kappa shape index (κ3) is 4.74. The molecule has 1 saturated heterocycles. The maximum Gasteiger partial charge on any atom is 0.258 e. The lowest BCUT2D eigenvalue weighted by atomic mass is 10.0. The van der Waals surface area contributed by atoms with E-state index in [4.69, 9.17) is 37.7 Å². The zero-order valence-corrected chi connectivity index (χ0v) is 20.6. The average molecular weight is 515 g/mol. The van der Waals surface area contributed by atoms with Gasteiger partial charge in [0.2, 0.25) is 5.95 Å². The summed E-state index contributed by atoms with van der Waals surface area (Å²) in [6.45, 7) is 2.08. The third-order valence-corrected chi connectivity index (χ3v) is 7.05. The summed E-state index contributed by atoms with van der Waals surface area (Å²) in [6, 6.07) is 12.4. The highest BCUT2D eigenvalue weighted by Gasteiger charge is 2.31. The van der Waals surface area contributed by atoms with Gasteiger partial charge in [0.15, 0.2) is 0 Å². The zero-order chi connectivity index (χ0) is 24.5. The Morgan fingerprint density at radius 1 is 1.17 bits per heavy atom. The molecular formula is C25H24Cl2N4O4. The smallest absolute Gasteiger partial charge is 0.258 e. The fraction of sp³-hybridized carbons (Fsp3) is 0.320. The summed E-state index contributed by atoms with van der Waals surface area (Å²) < 4.78 is 12.3. The number of ether oxygens (including phenoxy) is 2. The molecule has 0 spiro atoms. The first-order chi connectivity index (χ1) is 16.9. The van der Waals surface area contributed by atoms with Crippen molar-refractivity contribution in [3.8, 4) is 5.75 Å². The number of hydrogen-bond acceptors (Lipinski definition) is 6. The summed E-state index contributed by atoms with van der Waals surface area (Å²) in [6.07, 6.45) is 0.431. The standard InChI is InChI=1S/C25H24Cl2N4O4/c1-34-18-5-2-15(3-6-18)11-28-25-29-22-12-30(23(32)16-4-7-20(26)21(27)10-16)9-8-19(22)24(33)31(25)17-13-35-14-17/h2-7,10,17H,8-9,11-14H2,1H3,(H,28,29). The first-order valence-corrected chi connectivity index (χ1v) is 12.0. The van der Waals surface area contributed by atoms with Crippen LogP contribution in [0.3, 0.4) is 0 Å². The Balaban J connectivity index is 1.42. The molecule has 0 radical (unpaired) electrons. The van der Waals surface area contributed by atoms with Gasteiger partial charge in [0.25, 0.3) is 11.5 Å². The summed E-state index contributed by atoms with van der Waals surface area (Å²) in [5, 5.41) is 4.03. The molecule has 2 aromatic carbocycles. The predicted molar refractivity (Wildman–Crippen MR) is 134 cm³/mol. The molecule has 3 heterocycles. The van der Waals surface area contributed by atoms with Crippen molar-refractivity contribution in [1.29, 1.82) is 0 Å². The molecule has 1 fully saturated rings. The maximum atomic E-state index is 13.5. The summed E-state index contributed by atoms with van der Waals surface area (Å²) in [5.41, 5.74) is 2.63. The molecule has 8 nitrogen and oxygen atoms in total. The number of carbonyl (C=O) groups is 1. The van der Waals surface area contributed by atoms with E-state index in [1.54, 1.807) is 34.8 Å². The molecule has 5 rings (SSSR count). The second kappa shape index (κ2) is 9.89. The number of fused-ring (bicyclic) bond motifs is 1. The molecule has 0 atom stereocenters. The van der Waals surface area contributed by atoms with Gasteiger partial charge in [-0.15, -0.1) is 0 Å². The maximum absolute atomic E-state index is 13.5. The second-order valence-electron chi connectivity index (χ2n) is 8.53. The van der Waals surface area contributed by atoms with Gasteiger partial charge in [0, 0.05) is 24.2 Å². The van der Waals surface area contributed by atoms with Gasteiger partial charge in [-0.25, -0.2) is 4.98 Å². The van der Waals surface area contributed by atoms with Crippen molar-refractivity contribution in [1.82, 2.24) is 14.5 Å². The van der Waals surface area contributed by atoms with Crippen LogP contribution in [-0.2, 0) is 24.2 Å². The number of rotatable bonds is 6. The van der Waals surface area contributed by atoms with Crippen LogP contribution in [-0.4, -0.2) is 47.2 Å². The van der Waals surface area contributed by atoms with E-state index in [-0.39, 0.29) is 24.1 Å². The van der Waals surface area contributed by atoms with Crippen LogP contribution in [0, 0.1) is 0 Å². The fourth-order valence-corrected chi connectivity index (χ4v) is 4.55. The number of aromatic nitrogens is 2. The number of nitrogens with one attached hydrogen (secondary N) is 1. The molecule has 0 saturated carbocycles. The summed E-state index contributed by atoms with van der Waals surface area (Å²) in [4.78, 5) is 33.1. The zero-order valence-electron chi connectivity index (χ0n) is 19.1. The van der Waals surface area contributed by atoms with E-state index in [9.17, 15) is 9.59 Å². The van der Waals surface area contributed by atoms with Crippen LogP contribution >= 0.6 is 23.2 Å². The van der Waals surface area contributed by atoms with Gasteiger partial charge in [0.05, 0.1) is 48.6 Å². The molecular weight excluding hydrogens is 491 g/mol. The Bertz CT molecular complexity index is 1320. The van der Waals surface area contributed by atoms with Crippen molar-refractivity contribution < 1.29 is 14.3 Å². The summed E-state index contributed by atoms with van der Waals surface area (Å²) >= 11 is 12.1. The molecule has 0 bridgehead atoms. The normalized spacial score (nSPS) is 15.3.